The summed E-state index contributed by atoms with van der Waals surface area (Å²) < 4.78 is 13.9. The van der Waals surface area contributed by atoms with Gasteiger partial charge in [0, 0.05) is 4.47 Å². The minimum absolute atomic E-state index is 0.312. The maximum absolute atomic E-state index is 13.0. The van der Waals surface area contributed by atoms with Gasteiger partial charge in [0.15, 0.2) is 0 Å². The van der Waals surface area contributed by atoms with Crippen molar-refractivity contribution in [3.05, 3.63) is 50.8 Å². The molecule has 7 heteroatoms. The zero-order valence-corrected chi connectivity index (χ0v) is 12.6. The normalized spacial score (nSPS) is 10.3. The molecule has 0 fully saturated rings. The van der Waals surface area contributed by atoms with Crippen molar-refractivity contribution < 1.29 is 9.18 Å². The summed E-state index contributed by atoms with van der Waals surface area (Å²) in [5.74, 6) is -0.476. The molecule has 1 aromatic carbocycles. The van der Waals surface area contributed by atoms with Crippen molar-refractivity contribution in [2.24, 2.45) is 0 Å². The van der Waals surface area contributed by atoms with E-state index in [0.29, 0.717) is 26.0 Å². The van der Waals surface area contributed by atoms with E-state index in [9.17, 15) is 9.18 Å². The van der Waals surface area contributed by atoms with Crippen LogP contribution >= 0.6 is 31.9 Å². The van der Waals surface area contributed by atoms with Crippen LogP contribution in [0.25, 0.3) is 0 Å². The van der Waals surface area contributed by atoms with Crippen molar-refractivity contribution in [1.29, 1.82) is 0 Å². The first-order valence-electron chi connectivity index (χ1n) is 5.15. The number of nitrogens with zero attached hydrogens (tertiary/aromatic N) is 1. The van der Waals surface area contributed by atoms with Crippen LogP contribution in [0.2, 0.25) is 0 Å². The number of hydrogen-bond acceptors (Lipinski definition) is 3. The molecule has 0 aliphatic carbocycles. The predicted octanol–water partition coefficient (Wildman–Crippen LogP) is 3.58. The van der Waals surface area contributed by atoms with E-state index in [2.05, 4.69) is 42.2 Å². The molecule has 0 bridgehead atoms. The first kappa shape index (κ1) is 14.0. The number of anilines is 2. The molecular weight excluding hydrogens is 381 g/mol. The number of aromatic nitrogens is 1. The van der Waals surface area contributed by atoms with Gasteiger partial charge in [-0.1, -0.05) is 0 Å². The highest BCUT2D eigenvalue weighted by Crippen LogP contribution is 2.24. The average molecular weight is 389 g/mol. The van der Waals surface area contributed by atoms with Gasteiger partial charge in [0.2, 0.25) is 0 Å². The van der Waals surface area contributed by atoms with Gasteiger partial charge >= 0.3 is 0 Å². The Morgan fingerprint density at radius 1 is 1.26 bits per heavy atom. The Kier molecular flexibility index (Phi) is 4.16. The van der Waals surface area contributed by atoms with Gasteiger partial charge in [-0.15, -0.1) is 0 Å². The molecule has 0 radical (unpaired) electrons. The third-order valence-corrected chi connectivity index (χ3v) is 3.53. The average Bonchev–Trinajstić information content (AvgIpc) is 2.32. The van der Waals surface area contributed by atoms with Crippen LogP contribution in [0.5, 0.6) is 0 Å². The molecule has 3 N–H and O–H groups in total. The Morgan fingerprint density at radius 2 is 2.00 bits per heavy atom. The molecule has 0 aliphatic rings. The number of pyridine rings is 1. The number of nitrogen functional groups attached to an aromatic ring is 1. The molecule has 1 heterocycles. The fourth-order valence-corrected chi connectivity index (χ4v) is 2.39. The highest BCUT2D eigenvalue weighted by molar-refractivity contribution is 9.11. The zero-order valence-electron chi connectivity index (χ0n) is 9.45. The van der Waals surface area contributed by atoms with Crippen LogP contribution in [0.4, 0.5) is 15.9 Å². The maximum atomic E-state index is 13.0. The monoisotopic (exact) mass is 387 g/mol. The molecule has 2 rings (SSSR count). The molecule has 0 saturated heterocycles. The van der Waals surface area contributed by atoms with Crippen LogP contribution < -0.4 is 11.1 Å². The zero-order chi connectivity index (χ0) is 14.0. The van der Waals surface area contributed by atoms with Gasteiger partial charge in [0.25, 0.3) is 5.91 Å². The molecule has 0 aliphatic heterocycles. The molecule has 2 aromatic rings. The summed E-state index contributed by atoms with van der Waals surface area (Å²) in [6.45, 7) is 0. The maximum Gasteiger partial charge on any atom is 0.257 e. The summed E-state index contributed by atoms with van der Waals surface area (Å²) in [4.78, 5) is 16.0. The molecule has 98 valence electrons. The quantitative estimate of drug-likeness (QED) is 0.826. The lowest BCUT2D eigenvalue weighted by molar-refractivity contribution is 0.102. The summed E-state index contributed by atoms with van der Waals surface area (Å²) in [6, 6.07) is 5.45. The molecule has 1 amide bonds. The van der Waals surface area contributed by atoms with E-state index in [1.807, 2.05) is 0 Å². The summed E-state index contributed by atoms with van der Waals surface area (Å²) in [5.41, 5.74) is 6.35. The third kappa shape index (κ3) is 3.30. The highest BCUT2D eigenvalue weighted by Gasteiger charge is 2.13. The van der Waals surface area contributed by atoms with Crippen molar-refractivity contribution in [2.45, 2.75) is 0 Å². The van der Waals surface area contributed by atoms with Crippen LogP contribution in [-0.2, 0) is 0 Å². The lowest BCUT2D eigenvalue weighted by Gasteiger charge is -2.08. The van der Waals surface area contributed by atoms with Gasteiger partial charge in [-0.25, -0.2) is 9.37 Å². The van der Waals surface area contributed by atoms with Crippen molar-refractivity contribution in [3.8, 4) is 0 Å². The number of carbonyl (C=O) groups excluding carboxylic acids is 1. The van der Waals surface area contributed by atoms with Crippen LogP contribution in [0, 0.1) is 5.82 Å². The minimum Gasteiger partial charge on any atom is -0.397 e. The molecule has 0 unspecified atom stereocenters. The Balaban J connectivity index is 2.25. The van der Waals surface area contributed by atoms with Gasteiger partial charge in [0.05, 0.1) is 21.9 Å². The number of halogens is 3. The Morgan fingerprint density at radius 3 is 2.63 bits per heavy atom. The highest BCUT2D eigenvalue weighted by atomic mass is 79.9. The van der Waals surface area contributed by atoms with Gasteiger partial charge in [0.1, 0.15) is 11.6 Å². The number of benzene rings is 1. The van der Waals surface area contributed by atoms with Crippen LogP contribution in [0.1, 0.15) is 10.4 Å². The van der Waals surface area contributed by atoms with Crippen molar-refractivity contribution >= 4 is 49.3 Å². The fourth-order valence-electron chi connectivity index (χ4n) is 1.39. The molecule has 1 aromatic heterocycles. The second-order valence-corrected chi connectivity index (χ2v) is 5.39. The number of nitrogens with one attached hydrogen (secondary N) is 1. The number of amides is 1. The predicted molar refractivity (Wildman–Crippen MR) is 78.4 cm³/mol. The lowest BCUT2D eigenvalue weighted by Crippen LogP contribution is -2.14. The van der Waals surface area contributed by atoms with Gasteiger partial charge in [-0.2, -0.15) is 0 Å². The summed E-state index contributed by atoms with van der Waals surface area (Å²) >= 11 is 6.39. The Hall–Kier alpha value is -1.47. The first-order valence-corrected chi connectivity index (χ1v) is 6.73. The van der Waals surface area contributed by atoms with E-state index in [4.69, 9.17) is 5.73 Å². The molecule has 0 atom stereocenters. The standard InChI is InChI=1S/C12H8Br2FN3O/c13-9-3-6(15)1-2-8(9)12(19)18-11-10(14)4-7(16)5-17-11/h1-5H,16H2,(H,17,18,19). The first-order chi connectivity index (χ1) is 8.97. The topological polar surface area (TPSA) is 68.0 Å². The van der Waals surface area contributed by atoms with E-state index in [0.717, 1.165) is 0 Å². The van der Waals surface area contributed by atoms with Crippen LogP contribution in [0.15, 0.2) is 39.4 Å². The summed E-state index contributed by atoms with van der Waals surface area (Å²) in [5, 5.41) is 2.61. The summed E-state index contributed by atoms with van der Waals surface area (Å²) in [7, 11) is 0. The molecule has 4 nitrogen and oxygen atoms in total. The van der Waals surface area contributed by atoms with Crippen molar-refractivity contribution in [1.82, 2.24) is 4.98 Å². The van der Waals surface area contributed by atoms with Gasteiger partial charge in [-0.3, -0.25) is 4.79 Å². The van der Waals surface area contributed by atoms with Crippen LogP contribution in [0.3, 0.4) is 0 Å². The largest absolute Gasteiger partial charge is 0.397 e. The number of hydrogen-bond donors (Lipinski definition) is 2. The van der Waals surface area contributed by atoms with Gasteiger partial charge < -0.3 is 11.1 Å². The fraction of sp³-hybridized carbons (Fsp3) is 0. The lowest BCUT2D eigenvalue weighted by atomic mass is 10.2. The SMILES string of the molecule is Nc1cnc(NC(=O)c2ccc(F)cc2Br)c(Br)c1. The minimum atomic E-state index is -0.421. The molecule has 0 saturated carbocycles. The summed E-state index contributed by atoms with van der Waals surface area (Å²) in [6.07, 6.45) is 1.43. The molecule has 19 heavy (non-hydrogen) atoms. The third-order valence-electron chi connectivity index (χ3n) is 2.27. The Bertz CT molecular complexity index is 649. The molecular formula is C12H8Br2FN3O. The van der Waals surface area contributed by atoms with Gasteiger partial charge in [-0.05, 0) is 56.1 Å². The van der Waals surface area contributed by atoms with E-state index < -0.39 is 11.7 Å². The van der Waals surface area contributed by atoms with Crippen molar-refractivity contribution in [2.75, 3.05) is 11.1 Å². The number of carbonyl (C=O) groups is 1. The van der Waals surface area contributed by atoms with E-state index in [1.165, 1.54) is 24.4 Å². The smallest absolute Gasteiger partial charge is 0.257 e. The second-order valence-electron chi connectivity index (χ2n) is 3.68. The number of rotatable bonds is 2. The number of nitrogens with two attached hydrogens (primary N) is 1. The second kappa shape index (κ2) is 5.66. The van der Waals surface area contributed by atoms with Crippen LogP contribution in [-0.4, -0.2) is 10.9 Å². The van der Waals surface area contributed by atoms with E-state index in [1.54, 1.807) is 6.07 Å². The van der Waals surface area contributed by atoms with Crippen molar-refractivity contribution in [3.63, 3.8) is 0 Å². The van der Waals surface area contributed by atoms with E-state index in [-0.39, 0.29) is 0 Å². The van der Waals surface area contributed by atoms with E-state index >= 15 is 0 Å². The Labute approximate surface area is 125 Å². The molecule has 0 spiro atoms.